The van der Waals surface area contributed by atoms with Gasteiger partial charge in [0.05, 0.1) is 9.79 Å². The zero-order valence-corrected chi connectivity index (χ0v) is 9.42. The Morgan fingerprint density at radius 2 is 1.29 bits per heavy atom. The summed E-state index contributed by atoms with van der Waals surface area (Å²) in [6.07, 6.45) is 0. The van der Waals surface area contributed by atoms with E-state index in [0.29, 0.717) is 6.07 Å². The number of halogens is 2. The summed E-state index contributed by atoms with van der Waals surface area (Å²) in [5.41, 5.74) is 0. The minimum Gasteiger partial charge on any atom is -0.219 e. The van der Waals surface area contributed by atoms with Crippen molar-refractivity contribution in [2.75, 3.05) is 0 Å². The van der Waals surface area contributed by atoms with Gasteiger partial charge in [0.15, 0.2) is 0 Å². The van der Waals surface area contributed by atoms with Gasteiger partial charge in [-0.2, -0.15) is 0 Å². The van der Waals surface area contributed by atoms with Gasteiger partial charge in [-0.25, -0.2) is 17.2 Å². The lowest BCUT2D eigenvalue weighted by molar-refractivity contribution is 0.567. The van der Waals surface area contributed by atoms with E-state index in [1.807, 2.05) is 0 Å². The Morgan fingerprint density at radius 1 is 0.765 bits per heavy atom. The summed E-state index contributed by atoms with van der Waals surface area (Å²) in [4.78, 5) is -0.383. The number of benzene rings is 2. The molecule has 0 atom stereocenters. The molecule has 0 fully saturated rings. The molecule has 0 N–H and O–H groups in total. The second kappa shape index (κ2) is 4.25. The molecule has 2 rings (SSSR count). The van der Waals surface area contributed by atoms with Gasteiger partial charge in [-0.15, -0.1) is 0 Å². The highest BCUT2D eigenvalue weighted by Crippen LogP contribution is 2.21. The third kappa shape index (κ3) is 2.34. The van der Waals surface area contributed by atoms with E-state index in [2.05, 4.69) is 0 Å². The Balaban J connectivity index is 2.60. The molecule has 2 nitrogen and oxygen atoms in total. The normalized spacial score (nSPS) is 11.4. The summed E-state index contributed by atoms with van der Waals surface area (Å²) >= 11 is 0. The minimum atomic E-state index is -3.86. The molecule has 0 aliphatic heterocycles. The van der Waals surface area contributed by atoms with Crippen LogP contribution in [0, 0.1) is 11.6 Å². The highest BCUT2D eigenvalue weighted by atomic mass is 32.2. The van der Waals surface area contributed by atoms with Gasteiger partial charge in [0.25, 0.3) is 0 Å². The molecule has 5 heteroatoms. The lowest BCUT2D eigenvalue weighted by Gasteiger charge is -2.04. The maximum absolute atomic E-state index is 13.0. The molecule has 2 aromatic rings. The van der Waals surface area contributed by atoms with Gasteiger partial charge < -0.3 is 0 Å². The predicted octanol–water partition coefficient (Wildman–Crippen LogP) is 2.80. The number of hydrogen-bond donors (Lipinski definition) is 0. The largest absolute Gasteiger partial charge is 0.219 e. The van der Waals surface area contributed by atoms with Gasteiger partial charge in [-0.1, -0.05) is 18.2 Å². The third-order valence-corrected chi connectivity index (χ3v) is 3.95. The van der Waals surface area contributed by atoms with Crippen molar-refractivity contribution in [3.8, 4) is 0 Å². The molecule has 0 heterocycles. The Labute approximate surface area is 97.4 Å². The summed E-state index contributed by atoms with van der Waals surface area (Å²) in [5.74, 6) is -1.83. The van der Waals surface area contributed by atoms with Crippen molar-refractivity contribution < 1.29 is 17.2 Å². The fourth-order valence-electron chi connectivity index (χ4n) is 1.42. The summed E-state index contributed by atoms with van der Waals surface area (Å²) in [7, 11) is -3.86. The first kappa shape index (κ1) is 11.7. The van der Waals surface area contributed by atoms with Crippen molar-refractivity contribution in [3.05, 3.63) is 60.2 Å². The van der Waals surface area contributed by atoms with E-state index in [1.54, 1.807) is 18.2 Å². The van der Waals surface area contributed by atoms with Gasteiger partial charge in [-0.05, 0) is 24.3 Å². The van der Waals surface area contributed by atoms with Crippen LogP contribution in [0.5, 0.6) is 0 Å². The van der Waals surface area contributed by atoms with Crippen molar-refractivity contribution >= 4 is 9.84 Å². The minimum absolute atomic E-state index is 0.00463. The van der Waals surface area contributed by atoms with Crippen molar-refractivity contribution in [2.45, 2.75) is 9.79 Å². The molecule has 0 unspecified atom stereocenters. The van der Waals surface area contributed by atoms with Crippen LogP contribution in [0.3, 0.4) is 0 Å². The standard InChI is InChI=1S/C12H8F2O2S/c13-9-6-10(14)8-12(7-9)17(15,16)11-4-2-1-3-5-11/h1-8H. The maximum Gasteiger partial charge on any atom is 0.206 e. The molecule has 2 aromatic carbocycles. The smallest absolute Gasteiger partial charge is 0.206 e. The Morgan fingerprint density at radius 3 is 1.82 bits per heavy atom. The second-order valence-corrected chi connectivity index (χ2v) is 5.37. The van der Waals surface area contributed by atoms with Gasteiger partial charge in [0.1, 0.15) is 11.6 Å². The van der Waals surface area contributed by atoms with Crippen molar-refractivity contribution in [2.24, 2.45) is 0 Å². The number of rotatable bonds is 2. The molecule has 0 aliphatic rings. The molecule has 0 radical (unpaired) electrons. The highest BCUT2D eigenvalue weighted by Gasteiger charge is 2.18. The summed E-state index contributed by atoms with van der Waals surface area (Å²) in [5, 5.41) is 0. The first-order chi connectivity index (χ1) is 8.00. The van der Waals surface area contributed by atoms with E-state index in [1.165, 1.54) is 12.1 Å². The van der Waals surface area contributed by atoms with Crippen LogP contribution in [0.2, 0.25) is 0 Å². The molecule has 0 saturated carbocycles. The van der Waals surface area contributed by atoms with Gasteiger partial charge in [0, 0.05) is 6.07 Å². The second-order valence-electron chi connectivity index (χ2n) is 3.42. The van der Waals surface area contributed by atoms with Crippen molar-refractivity contribution in [3.63, 3.8) is 0 Å². The first-order valence-electron chi connectivity index (χ1n) is 4.76. The SMILES string of the molecule is O=S(=O)(c1ccccc1)c1cc(F)cc(F)c1. The van der Waals surface area contributed by atoms with E-state index in [4.69, 9.17) is 0 Å². The lowest BCUT2D eigenvalue weighted by atomic mass is 10.3. The van der Waals surface area contributed by atoms with E-state index in [9.17, 15) is 17.2 Å². The monoisotopic (exact) mass is 254 g/mol. The van der Waals surface area contributed by atoms with E-state index in [0.717, 1.165) is 12.1 Å². The lowest BCUT2D eigenvalue weighted by Crippen LogP contribution is -2.02. The molecular formula is C12H8F2O2S. The van der Waals surface area contributed by atoms with Crippen LogP contribution in [0.1, 0.15) is 0 Å². The Hall–Kier alpha value is -1.75. The zero-order chi connectivity index (χ0) is 12.5. The van der Waals surface area contributed by atoms with E-state index < -0.39 is 21.5 Å². The Bertz CT molecular complexity index is 617. The number of hydrogen-bond acceptors (Lipinski definition) is 2. The average molecular weight is 254 g/mol. The van der Waals surface area contributed by atoms with E-state index in [-0.39, 0.29) is 9.79 Å². The average Bonchev–Trinajstić information content (AvgIpc) is 2.29. The molecule has 0 bridgehead atoms. The Kier molecular flexibility index (Phi) is 2.93. The first-order valence-corrected chi connectivity index (χ1v) is 6.25. The molecule has 0 saturated heterocycles. The maximum atomic E-state index is 13.0. The topological polar surface area (TPSA) is 34.1 Å². The van der Waals surface area contributed by atoms with Crippen LogP contribution in [-0.2, 0) is 9.84 Å². The summed E-state index contributed by atoms with van der Waals surface area (Å²) in [6.45, 7) is 0. The van der Waals surface area contributed by atoms with Crippen LogP contribution >= 0.6 is 0 Å². The molecule has 88 valence electrons. The molecule has 0 aliphatic carbocycles. The summed E-state index contributed by atoms with van der Waals surface area (Å²) in [6, 6.07) is 9.72. The van der Waals surface area contributed by atoms with Gasteiger partial charge in [0.2, 0.25) is 9.84 Å². The molecular weight excluding hydrogens is 246 g/mol. The molecule has 0 spiro atoms. The highest BCUT2D eigenvalue weighted by molar-refractivity contribution is 7.91. The van der Waals surface area contributed by atoms with E-state index >= 15 is 0 Å². The van der Waals surface area contributed by atoms with Crippen molar-refractivity contribution in [1.82, 2.24) is 0 Å². The number of sulfone groups is 1. The van der Waals surface area contributed by atoms with Crippen LogP contribution in [0.4, 0.5) is 8.78 Å². The van der Waals surface area contributed by atoms with Crippen LogP contribution in [0.25, 0.3) is 0 Å². The predicted molar refractivity (Wildman–Crippen MR) is 58.3 cm³/mol. The fourth-order valence-corrected chi connectivity index (χ4v) is 2.74. The molecule has 0 amide bonds. The van der Waals surface area contributed by atoms with Crippen LogP contribution < -0.4 is 0 Å². The van der Waals surface area contributed by atoms with Crippen LogP contribution in [0.15, 0.2) is 58.3 Å². The summed E-state index contributed by atoms with van der Waals surface area (Å²) < 4.78 is 49.9. The third-order valence-electron chi connectivity index (χ3n) is 2.20. The molecule has 17 heavy (non-hydrogen) atoms. The van der Waals surface area contributed by atoms with Gasteiger partial charge >= 0.3 is 0 Å². The molecule has 0 aromatic heterocycles. The van der Waals surface area contributed by atoms with Gasteiger partial charge in [-0.3, -0.25) is 0 Å². The quantitative estimate of drug-likeness (QED) is 0.825. The zero-order valence-electron chi connectivity index (χ0n) is 8.60. The van der Waals surface area contributed by atoms with Crippen LogP contribution in [-0.4, -0.2) is 8.42 Å². The van der Waals surface area contributed by atoms with Crippen molar-refractivity contribution in [1.29, 1.82) is 0 Å². The fraction of sp³-hybridized carbons (Fsp3) is 0.